The number of rotatable bonds is 9. The van der Waals surface area contributed by atoms with E-state index in [0.717, 1.165) is 36.6 Å². The fraction of sp³-hybridized carbons (Fsp3) is 0.333. The predicted octanol–water partition coefficient (Wildman–Crippen LogP) is 3.90. The average molecular weight is 391 g/mol. The first-order valence-corrected chi connectivity index (χ1v) is 9.93. The lowest BCUT2D eigenvalue weighted by Gasteiger charge is -2.24. The van der Waals surface area contributed by atoms with E-state index in [0.29, 0.717) is 13.2 Å². The maximum Gasteiger partial charge on any atom is 0.0716 e. The van der Waals surface area contributed by atoms with Gasteiger partial charge < -0.3 is 10.5 Å². The van der Waals surface area contributed by atoms with Gasteiger partial charge in [0, 0.05) is 45.7 Å². The second-order valence-corrected chi connectivity index (χ2v) is 7.42. The number of benzene rings is 1. The minimum absolute atomic E-state index is 0.529. The van der Waals surface area contributed by atoms with Gasteiger partial charge in [0.15, 0.2) is 0 Å². The third kappa shape index (κ3) is 5.70. The van der Waals surface area contributed by atoms with Crippen molar-refractivity contribution in [1.82, 2.24) is 14.9 Å². The summed E-state index contributed by atoms with van der Waals surface area (Å²) in [5, 5.41) is 0. The molecule has 0 atom stereocenters. The highest BCUT2D eigenvalue weighted by molar-refractivity contribution is 5.32. The molecule has 0 aliphatic rings. The third-order valence-corrected chi connectivity index (χ3v) is 5.18. The number of hydrogen-bond acceptors (Lipinski definition) is 5. The molecule has 1 aromatic carbocycles. The summed E-state index contributed by atoms with van der Waals surface area (Å²) in [6.45, 7) is 7.62. The summed E-state index contributed by atoms with van der Waals surface area (Å²) < 4.78 is 5.44. The first kappa shape index (κ1) is 21.1. The molecule has 0 saturated carbocycles. The van der Waals surface area contributed by atoms with Crippen LogP contribution in [-0.4, -0.2) is 22.0 Å². The molecule has 0 fully saturated rings. The smallest absolute Gasteiger partial charge is 0.0716 e. The van der Waals surface area contributed by atoms with Crippen LogP contribution in [0.1, 0.15) is 39.2 Å². The first-order valence-electron chi connectivity index (χ1n) is 9.93. The fourth-order valence-electron chi connectivity index (χ4n) is 3.45. The van der Waals surface area contributed by atoms with Gasteiger partial charge in [0.2, 0.25) is 0 Å². The van der Waals surface area contributed by atoms with E-state index >= 15 is 0 Å². The van der Waals surface area contributed by atoms with Gasteiger partial charge in [0.1, 0.15) is 0 Å². The molecule has 0 aliphatic heterocycles. The molecule has 5 nitrogen and oxygen atoms in total. The highest BCUT2D eigenvalue weighted by Crippen LogP contribution is 2.20. The number of aryl methyl sites for hydroxylation is 2. The van der Waals surface area contributed by atoms with E-state index < -0.39 is 0 Å². The number of nitrogens with two attached hydrogens (primary N) is 1. The Balaban J connectivity index is 1.90. The molecule has 0 bridgehead atoms. The SMILES string of the molecule is COCc1cc(CN)ccc1CN(Cc1ncccc1C)Cc1ncccc1C. The number of methoxy groups -OCH3 is 1. The number of aromatic nitrogens is 2. The summed E-state index contributed by atoms with van der Waals surface area (Å²) in [4.78, 5) is 11.6. The number of ether oxygens (including phenoxy) is 1. The normalized spacial score (nSPS) is 11.2. The molecule has 0 radical (unpaired) electrons. The van der Waals surface area contributed by atoms with Gasteiger partial charge in [-0.2, -0.15) is 0 Å². The molecular formula is C24H30N4O. The van der Waals surface area contributed by atoms with E-state index in [-0.39, 0.29) is 0 Å². The second-order valence-electron chi connectivity index (χ2n) is 7.42. The average Bonchev–Trinajstić information content (AvgIpc) is 2.72. The minimum atomic E-state index is 0.529. The zero-order valence-electron chi connectivity index (χ0n) is 17.6. The molecule has 0 spiro atoms. The molecule has 0 aliphatic carbocycles. The fourth-order valence-corrected chi connectivity index (χ4v) is 3.45. The van der Waals surface area contributed by atoms with Gasteiger partial charge in [-0.1, -0.05) is 30.3 Å². The Labute approximate surface area is 173 Å². The van der Waals surface area contributed by atoms with E-state index in [1.54, 1.807) is 7.11 Å². The van der Waals surface area contributed by atoms with Gasteiger partial charge >= 0.3 is 0 Å². The van der Waals surface area contributed by atoms with Crippen molar-refractivity contribution < 1.29 is 4.74 Å². The highest BCUT2D eigenvalue weighted by atomic mass is 16.5. The van der Waals surface area contributed by atoms with Crippen LogP contribution < -0.4 is 5.73 Å². The van der Waals surface area contributed by atoms with Gasteiger partial charge in [-0.25, -0.2) is 0 Å². The Hall–Kier alpha value is -2.60. The number of hydrogen-bond donors (Lipinski definition) is 1. The van der Waals surface area contributed by atoms with E-state index in [4.69, 9.17) is 10.5 Å². The second kappa shape index (κ2) is 10.3. The number of pyridine rings is 2. The summed E-state index contributed by atoms with van der Waals surface area (Å²) in [7, 11) is 1.73. The Morgan fingerprint density at radius 1 is 0.862 bits per heavy atom. The van der Waals surface area contributed by atoms with Crippen LogP contribution in [0.2, 0.25) is 0 Å². The van der Waals surface area contributed by atoms with Crippen molar-refractivity contribution in [1.29, 1.82) is 0 Å². The Morgan fingerprint density at radius 2 is 1.48 bits per heavy atom. The van der Waals surface area contributed by atoms with E-state index in [2.05, 4.69) is 59.0 Å². The van der Waals surface area contributed by atoms with Crippen LogP contribution in [0.3, 0.4) is 0 Å². The maximum atomic E-state index is 5.84. The van der Waals surface area contributed by atoms with Crippen molar-refractivity contribution in [3.05, 3.63) is 94.1 Å². The maximum absolute atomic E-state index is 5.84. The molecule has 2 aromatic heterocycles. The van der Waals surface area contributed by atoms with E-state index in [1.807, 2.05) is 24.5 Å². The largest absolute Gasteiger partial charge is 0.380 e. The lowest BCUT2D eigenvalue weighted by atomic mass is 10.0. The van der Waals surface area contributed by atoms with Crippen LogP contribution in [0.15, 0.2) is 54.9 Å². The van der Waals surface area contributed by atoms with Crippen LogP contribution in [0.4, 0.5) is 0 Å². The third-order valence-electron chi connectivity index (χ3n) is 5.18. The zero-order valence-corrected chi connectivity index (χ0v) is 17.6. The van der Waals surface area contributed by atoms with Crippen molar-refractivity contribution in [3.63, 3.8) is 0 Å². The van der Waals surface area contributed by atoms with Crippen molar-refractivity contribution in [2.45, 2.75) is 46.6 Å². The van der Waals surface area contributed by atoms with Crippen molar-refractivity contribution in [2.75, 3.05) is 7.11 Å². The van der Waals surface area contributed by atoms with Crippen molar-refractivity contribution in [3.8, 4) is 0 Å². The van der Waals surface area contributed by atoms with Crippen LogP contribution in [-0.2, 0) is 37.5 Å². The molecule has 5 heteroatoms. The first-order chi connectivity index (χ1) is 14.1. The van der Waals surface area contributed by atoms with Crippen LogP contribution in [0.25, 0.3) is 0 Å². The molecule has 29 heavy (non-hydrogen) atoms. The molecule has 2 heterocycles. The topological polar surface area (TPSA) is 64.3 Å². The van der Waals surface area contributed by atoms with Gasteiger partial charge in [0.25, 0.3) is 0 Å². The molecule has 152 valence electrons. The summed E-state index contributed by atoms with van der Waals surface area (Å²) in [6.07, 6.45) is 3.72. The van der Waals surface area contributed by atoms with Crippen molar-refractivity contribution in [2.24, 2.45) is 5.73 Å². The van der Waals surface area contributed by atoms with Gasteiger partial charge in [0.05, 0.1) is 18.0 Å². The molecule has 3 aromatic rings. The van der Waals surface area contributed by atoms with E-state index in [1.165, 1.54) is 22.3 Å². The molecule has 0 unspecified atom stereocenters. The monoisotopic (exact) mass is 390 g/mol. The van der Waals surface area contributed by atoms with Crippen LogP contribution in [0, 0.1) is 13.8 Å². The minimum Gasteiger partial charge on any atom is -0.380 e. The Morgan fingerprint density at radius 3 is 2.00 bits per heavy atom. The zero-order chi connectivity index (χ0) is 20.6. The van der Waals surface area contributed by atoms with Crippen LogP contribution >= 0.6 is 0 Å². The van der Waals surface area contributed by atoms with Gasteiger partial charge in [-0.05, 0) is 53.8 Å². The standard InChI is InChI=1S/C24H30N4O/c1-18-6-4-10-26-23(18)15-28(16-24-19(2)7-5-11-27-24)14-21-9-8-20(13-25)12-22(21)17-29-3/h4-12H,13-17,25H2,1-3H3. The molecular weight excluding hydrogens is 360 g/mol. The molecule has 2 N–H and O–H groups in total. The molecule has 0 saturated heterocycles. The molecule has 3 rings (SSSR count). The van der Waals surface area contributed by atoms with Crippen LogP contribution in [0.5, 0.6) is 0 Å². The van der Waals surface area contributed by atoms with Gasteiger partial charge in [-0.3, -0.25) is 14.9 Å². The van der Waals surface area contributed by atoms with E-state index in [9.17, 15) is 0 Å². The lowest BCUT2D eigenvalue weighted by molar-refractivity contribution is 0.181. The summed E-state index contributed by atoms with van der Waals surface area (Å²) in [5.74, 6) is 0. The quantitative estimate of drug-likeness (QED) is 0.600. The predicted molar refractivity (Wildman–Crippen MR) is 116 cm³/mol. The summed E-state index contributed by atoms with van der Waals surface area (Å²) >= 11 is 0. The lowest BCUT2D eigenvalue weighted by Crippen LogP contribution is -2.25. The molecule has 0 amide bonds. The van der Waals surface area contributed by atoms with Gasteiger partial charge in [-0.15, -0.1) is 0 Å². The summed E-state index contributed by atoms with van der Waals surface area (Å²) in [5.41, 5.74) is 14.0. The summed E-state index contributed by atoms with van der Waals surface area (Å²) in [6, 6.07) is 14.6. The highest BCUT2D eigenvalue weighted by Gasteiger charge is 2.15. The Bertz CT molecular complexity index is 894. The van der Waals surface area contributed by atoms with Crippen molar-refractivity contribution >= 4 is 0 Å². The Kier molecular flexibility index (Phi) is 7.47. The number of nitrogens with zero attached hydrogens (tertiary/aromatic N) is 3.